The van der Waals surface area contributed by atoms with Gasteiger partial charge in [-0.2, -0.15) is 5.26 Å². The highest BCUT2D eigenvalue weighted by Gasteiger charge is 2.20. The molecule has 29 heavy (non-hydrogen) atoms. The van der Waals surface area contributed by atoms with Crippen molar-refractivity contribution in [3.05, 3.63) is 65.5 Å². The molecule has 2 N–H and O–H groups in total. The number of hydrogen-bond acceptors (Lipinski definition) is 3. The van der Waals surface area contributed by atoms with Crippen molar-refractivity contribution in [2.24, 2.45) is 10.9 Å². The van der Waals surface area contributed by atoms with E-state index in [0.717, 1.165) is 44.2 Å². The molecule has 0 saturated carbocycles. The fraction of sp³-hybridized carbons (Fsp3) is 0.348. The van der Waals surface area contributed by atoms with Crippen molar-refractivity contribution in [2.45, 2.75) is 32.1 Å². The number of hydrogen-bond donors (Lipinski definition) is 2. The number of nitrogens with zero attached hydrogens (tertiary/aromatic N) is 2. The molecule has 0 bridgehead atoms. The molecule has 0 spiro atoms. The van der Waals surface area contributed by atoms with E-state index in [-0.39, 0.29) is 11.8 Å². The van der Waals surface area contributed by atoms with E-state index < -0.39 is 0 Å². The topological polar surface area (TPSA) is 77.3 Å². The zero-order valence-corrected chi connectivity index (χ0v) is 16.3. The molecular formula is C23H25FN4O. The van der Waals surface area contributed by atoms with Crippen LogP contribution in [0.5, 0.6) is 0 Å². The minimum atomic E-state index is -0.277. The Hall–Kier alpha value is -3.20. The van der Waals surface area contributed by atoms with Gasteiger partial charge in [-0.1, -0.05) is 18.2 Å². The Bertz CT molecular complexity index is 902. The molecular weight excluding hydrogens is 367 g/mol. The summed E-state index contributed by atoms with van der Waals surface area (Å²) in [5.74, 6) is 0.272. The molecule has 1 unspecified atom stereocenters. The fourth-order valence-corrected chi connectivity index (χ4v) is 3.56. The largest absolute Gasteiger partial charge is 0.338 e. The first-order chi connectivity index (χ1) is 14.1. The van der Waals surface area contributed by atoms with Crippen LogP contribution in [0, 0.1) is 23.1 Å². The molecule has 1 heterocycles. The zero-order valence-electron chi connectivity index (χ0n) is 16.3. The second kappa shape index (κ2) is 10.4. The van der Waals surface area contributed by atoms with Gasteiger partial charge in [0, 0.05) is 24.5 Å². The summed E-state index contributed by atoms with van der Waals surface area (Å²) in [5.41, 5.74) is 3.49. The number of carbonyl (C=O) groups excluding carboxylic acids is 1. The summed E-state index contributed by atoms with van der Waals surface area (Å²) in [6.45, 7) is 1.43. The number of nitrogens with one attached hydrogen (secondary N) is 2. The second-order valence-corrected chi connectivity index (χ2v) is 7.20. The van der Waals surface area contributed by atoms with Crippen LogP contribution in [0.1, 0.15) is 36.8 Å². The minimum absolute atomic E-state index is 0.203. The Kier molecular flexibility index (Phi) is 7.34. The maximum Gasteiger partial charge on any atom is 0.319 e. The van der Waals surface area contributed by atoms with Gasteiger partial charge in [0.1, 0.15) is 5.82 Å². The number of amides is 2. The van der Waals surface area contributed by atoms with Crippen molar-refractivity contribution in [1.82, 2.24) is 5.32 Å². The Morgan fingerprint density at radius 3 is 2.83 bits per heavy atom. The average Bonchev–Trinajstić information content (AvgIpc) is 3.18. The quantitative estimate of drug-likeness (QED) is 0.639. The Morgan fingerprint density at radius 2 is 2.03 bits per heavy atom. The van der Waals surface area contributed by atoms with Crippen LogP contribution in [0.25, 0.3) is 0 Å². The zero-order chi connectivity index (χ0) is 20.5. The van der Waals surface area contributed by atoms with Crippen molar-refractivity contribution >= 4 is 17.4 Å². The molecule has 1 aliphatic rings. The van der Waals surface area contributed by atoms with Crippen LogP contribution in [0.2, 0.25) is 0 Å². The third-order valence-corrected chi connectivity index (χ3v) is 5.10. The van der Waals surface area contributed by atoms with Crippen molar-refractivity contribution < 1.29 is 9.18 Å². The first-order valence-corrected chi connectivity index (χ1v) is 9.97. The lowest BCUT2D eigenvalue weighted by molar-refractivity contribution is 0.252. The molecule has 1 aliphatic heterocycles. The molecule has 0 radical (unpaired) electrons. The number of aryl methyl sites for hydroxylation is 1. The Labute approximate surface area is 170 Å². The molecule has 0 fully saturated rings. The Balaban J connectivity index is 1.36. The molecule has 5 nitrogen and oxygen atoms in total. The van der Waals surface area contributed by atoms with Crippen LogP contribution in [0.3, 0.4) is 0 Å². The van der Waals surface area contributed by atoms with E-state index >= 15 is 0 Å². The lowest BCUT2D eigenvalue weighted by atomic mass is 9.92. The molecule has 0 aromatic heterocycles. The van der Waals surface area contributed by atoms with E-state index in [9.17, 15) is 9.18 Å². The van der Waals surface area contributed by atoms with Gasteiger partial charge in [0.25, 0.3) is 0 Å². The van der Waals surface area contributed by atoms with Crippen molar-refractivity contribution in [3.8, 4) is 6.07 Å². The SMILES string of the molecule is N#Cc1cccc(NC(=O)NCCCC2=NCCC2CCc2ccc(F)cc2)c1. The number of aliphatic imine (C=N–C) groups is 1. The maximum atomic E-state index is 13.0. The van der Waals surface area contributed by atoms with E-state index in [1.165, 1.54) is 17.8 Å². The fourth-order valence-electron chi connectivity index (χ4n) is 3.56. The number of benzene rings is 2. The van der Waals surface area contributed by atoms with Crippen LogP contribution in [0.4, 0.5) is 14.9 Å². The van der Waals surface area contributed by atoms with Gasteiger partial charge in [0.2, 0.25) is 0 Å². The van der Waals surface area contributed by atoms with Crippen LogP contribution in [-0.4, -0.2) is 24.8 Å². The number of carbonyl (C=O) groups is 1. The highest BCUT2D eigenvalue weighted by molar-refractivity contribution is 5.90. The van der Waals surface area contributed by atoms with Crippen molar-refractivity contribution in [1.29, 1.82) is 5.26 Å². The van der Waals surface area contributed by atoms with E-state index in [1.807, 2.05) is 18.2 Å². The summed E-state index contributed by atoms with van der Waals surface area (Å²) in [6, 6.07) is 15.3. The van der Waals surface area contributed by atoms with Crippen LogP contribution < -0.4 is 10.6 Å². The van der Waals surface area contributed by atoms with Gasteiger partial charge in [-0.3, -0.25) is 4.99 Å². The van der Waals surface area contributed by atoms with E-state index in [0.29, 0.717) is 23.7 Å². The molecule has 2 amide bonds. The van der Waals surface area contributed by atoms with E-state index in [1.54, 1.807) is 24.3 Å². The predicted octanol–water partition coefficient (Wildman–Crippen LogP) is 4.69. The summed E-state index contributed by atoms with van der Waals surface area (Å²) in [5, 5.41) is 14.5. The number of nitriles is 1. The second-order valence-electron chi connectivity index (χ2n) is 7.20. The van der Waals surface area contributed by atoms with E-state index in [2.05, 4.69) is 15.6 Å². The van der Waals surface area contributed by atoms with Crippen LogP contribution in [0.15, 0.2) is 53.5 Å². The number of anilines is 1. The van der Waals surface area contributed by atoms with Gasteiger partial charge >= 0.3 is 6.03 Å². The van der Waals surface area contributed by atoms with Gasteiger partial charge < -0.3 is 10.6 Å². The maximum absolute atomic E-state index is 13.0. The smallest absolute Gasteiger partial charge is 0.319 e. The van der Waals surface area contributed by atoms with Crippen LogP contribution in [-0.2, 0) is 6.42 Å². The molecule has 150 valence electrons. The van der Waals surface area contributed by atoms with Gasteiger partial charge in [-0.25, -0.2) is 9.18 Å². The standard InChI is InChI=1S/C23H25FN4O/c24-20-10-7-17(8-11-20)6-9-19-12-14-26-22(19)5-2-13-27-23(29)28-21-4-1-3-18(15-21)16-25/h1,3-4,7-8,10-11,15,19H,2,5-6,9,12-14H2,(H2,27,28,29). The molecule has 3 rings (SSSR count). The third-order valence-electron chi connectivity index (χ3n) is 5.10. The lowest BCUT2D eigenvalue weighted by Gasteiger charge is -2.13. The first kappa shape index (κ1) is 20.5. The monoisotopic (exact) mass is 392 g/mol. The molecule has 6 heteroatoms. The van der Waals surface area contributed by atoms with Crippen molar-refractivity contribution in [3.63, 3.8) is 0 Å². The summed E-state index contributed by atoms with van der Waals surface area (Å²) >= 11 is 0. The number of urea groups is 1. The van der Waals surface area contributed by atoms with Gasteiger partial charge in [0.15, 0.2) is 0 Å². The molecule has 2 aromatic rings. The van der Waals surface area contributed by atoms with E-state index in [4.69, 9.17) is 5.26 Å². The minimum Gasteiger partial charge on any atom is -0.338 e. The highest BCUT2D eigenvalue weighted by atomic mass is 19.1. The predicted molar refractivity (Wildman–Crippen MR) is 113 cm³/mol. The molecule has 2 aromatic carbocycles. The number of rotatable bonds is 8. The van der Waals surface area contributed by atoms with Crippen molar-refractivity contribution in [2.75, 3.05) is 18.4 Å². The van der Waals surface area contributed by atoms with Crippen LogP contribution >= 0.6 is 0 Å². The van der Waals surface area contributed by atoms with Gasteiger partial charge in [-0.15, -0.1) is 0 Å². The summed E-state index contributed by atoms with van der Waals surface area (Å²) < 4.78 is 13.0. The Morgan fingerprint density at radius 1 is 1.21 bits per heavy atom. The third kappa shape index (κ3) is 6.42. The molecule has 0 aliphatic carbocycles. The van der Waals surface area contributed by atoms with Gasteiger partial charge in [-0.05, 0) is 73.9 Å². The summed E-state index contributed by atoms with van der Waals surface area (Å²) in [6.07, 6.45) is 4.72. The average molecular weight is 392 g/mol. The summed E-state index contributed by atoms with van der Waals surface area (Å²) in [4.78, 5) is 16.6. The number of halogens is 1. The molecule has 0 saturated heterocycles. The molecule has 1 atom stereocenters. The summed E-state index contributed by atoms with van der Waals surface area (Å²) in [7, 11) is 0. The van der Waals surface area contributed by atoms with Gasteiger partial charge in [0.05, 0.1) is 11.6 Å². The normalized spacial score (nSPS) is 15.4. The first-order valence-electron chi connectivity index (χ1n) is 9.97. The highest BCUT2D eigenvalue weighted by Crippen LogP contribution is 2.23. The lowest BCUT2D eigenvalue weighted by Crippen LogP contribution is -2.30.